The van der Waals surface area contributed by atoms with E-state index in [9.17, 15) is 44.7 Å². The second kappa shape index (κ2) is 30.1. The van der Waals surface area contributed by atoms with Gasteiger partial charge in [-0.2, -0.15) is 0 Å². The average molecular weight is 983 g/mol. The van der Waals surface area contributed by atoms with Crippen LogP contribution in [-0.2, 0) is 52.3 Å². The molecule has 16 atom stereocenters. The predicted molar refractivity (Wildman–Crippen MR) is 254 cm³/mol. The van der Waals surface area contributed by atoms with Crippen LogP contribution in [0.4, 0.5) is 0 Å². The molecule has 396 valence electrons. The van der Waals surface area contributed by atoms with E-state index < -0.39 is 60.6 Å². The third-order valence-electron chi connectivity index (χ3n) is 14.5. The Bertz CT molecular complexity index is 1630. The molecule has 17 nitrogen and oxygen atoms in total. The lowest BCUT2D eigenvalue weighted by Gasteiger charge is -2.38. The lowest BCUT2D eigenvalue weighted by Crippen LogP contribution is -2.50. The normalized spacial score (nSPS) is 31.0. The van der Waals surface area contributed by atoms with E-state index in [2.05, 4.69) is 0 Å². The lowest BCUT2D eigenvalue weighted by molar-refractivity contribution is -0.165. The van der Waals surface area contributed by atoms with E-state index in [1.807, 2.05) is 20.8 Å². The minimum Gasteiger partial charge on any atom is -0.481 e. The fourth-order valence-corrected chi connectivity index (χ4v) is 9.54. The maximum Gasteiger partial charge on any atom is 0.330 e. The SMILES string of the molecule is C/C(=C\C(=O)OCCCCCCCCC(=O)O[C@@H](C)[C@H](C)[C@@H]1O[C@H]1C[C@H]1CO[C@@H](C/C(C)=C/C(=O)OCCCCCCCCC(=O)O)[C@H](O)[C@@H]1O)C[C@@H]1OC[C@H](C[C@@H]2O[C@H]2[C@@H](C)[C@H](C)O)[C@@H](O)[C@H]1O. The van der Waals surface area contributed by atoms with Gasteiger partial charge in [0, 0.05) is 48.7 Å². The van der Waals surface area contributed by atoms with Crippen molar-refractivity contribution in [3.05, 3.63) is 23.3 Å². The second-order valence-electron chi connectivity index (χ2n) is 20.5. The van der Waals surface area contributed by atoms with Crippen LogP contribution in [0.1, 0.15) is 157 Å². The summed E-state index contributed by atoms with van der Waals surface area (Å²) in [5, 5.41) is 61.9. The van der Waals surface area contributed by atoms with Crippen LogP contribution in [0.2, 0.25) is 0 Å². The molecule has 4 fully saturated rings. The smallest absolute Gasteiger partial charge is 0.330 e. The molecule has 4 heterocycles. The zero-order valence-corrected chi connectivity index (χ0v) is 42.1. The van der Waals surface area contributed by atoms with Crippen molar-refractivity contribution in [3.8, 4) is 0 Å². The quantitative estimate of drug-likeness (QED) is 0.0152. The van der Waals surface area contributed by atoms with Gasteiger partial charge >= 0.3 is 23.9 Å². The number of carboxylic acid groups (broad SMARTS) is 1. The Balaban J connectivity index is 0.981. The van der Waals surface area contributed by atoms with Crippen molar-refractivity contribution in [1.82, 2.24) is 0 Å². The van der Waals surface area contributed by atoms with E-state index in [-0.39, 0.29) is 99.2 Å². The lowest BCUT2D eigenvalue weighted by atomic mass is 9.85. The highest BCUT2D eigenvalue weighted by Gasteiger charge is 2.50. The highest BCUT2D eigenvalue weighted by atomic mass is 16.6. The molecule has 0 aromatic carbocycles. The van der Waals surface area contributed by atoms with Crippen LogP contribution >= 0.6 is 0 Å². The number of rotatable bonds is 33. The maximum atomic E-state index is 12.6. The number of aliphatic hydroxyl groups is 5. The molecule has 0 saturated carbocycles. The monoisotopic (exact) mass is 983 g/mol. The van der Waals surface area contributed by atoms with Crippen LogP contribution in [0.5, 0.6) is 0 Å². The summed E-state index contributed by atoms with van der Waals surface area (Å²) in [5.74, 6) is -2.64. The first-order valence-electron chi connectivity index (χ1n) is 25.9. The second-order valence-corrected chi connectivity index (χ2v) is 20.5. The number of carbonyl (C=O) groups excluding carboxylic acids is 3. The van der Waals surface area contributed by atoms with E-state index in [0.29, 0.717) is 49.9 Å². The van der Waals surface area contributed by atoms with Gasteiger partial charge in [-0.15, -0.1) is 0 Å². The fraction of sp³-hybridized carbons (Fsp3) is 0.846. The van der Waals surface area contributed by atoms with Crippen molar-refractivity contribution >= 4 is 23.9 Å². The Morgan fingerprint density at radius 2 is 0.971 bits per heavy atom. The molecule has 0 amide bonds. The van der Waals surface area contributed by atoms with Gasteiger partial charge in [0.2, 0.25) is 0 Å². The number of carbonyl (C=O) groups is 4. The van der Waals surface area contributed by atoms with E-state index in [1.54, 1.807) is 20.8 Å². The predicted octanol–water partition coefficient (Wildman–Crippen LogP) is 5.66. The summed E-state index contributed by atoms with van der Waals surface area (Å²) in [6, 6.07) is 0. The first-order chi connectivity index (χ1) is 32.9. The zero-order chi connectivity index (χ0) is 50.6. The summed E-state index contributed by atoms with van der Waals surface area (Å²) in [6.07, 6.45) is 8.24. The zero-order valence-electron chi connectivity index (χ0n) is 42.1. The Hall–Kier alpha value is -3.00. The van der Waals surface area contributed by atoms with Gasteiger partial charge in [-0.3, -0.25) is 9.59 Å². The van der Waals surface area contributed by atoms with E-state index in [1.165, 1.54) is 12.2 Å². The molecule has 69 heavy (non-hydrogen) atoms. The van der Waals surface area contributed by atoms with Crippen molar-refractivity contribution < 1.29 is 83.0 Å². The number of hydrogen-bond acceptors (Lipinski definition) is 16. The Labute approximate surface area is 409 Å². The number of epoxide rings is 2. The summed E-state index contributed by atoms with van der Waals surface area (Å²) in [6.45, 7) is 12.1. The van der Waals surface area contributed by atoms with Crippen LogP contribution in [0.25, 0.3) is 0 Å². The first-order valence-corrected chi connectivity index (χ1v) is 25.9. The molecule has 0 aromatic rings. The third-order valence-corrected chi connectivity index (χ3v) is 14.5. The number of ether oxygens (including phenoxy) is 7. The molecule has 4 saturated heterocycles. The van der Waals surface area contributed by atoms with Gasteiger partial charge in [0.25, 0.3) is 0 Å². The summed E-state index contributed by atoms with van der Waals surface area (Å²) in [5.41, 5.74) is 1.36. The van der Waals surface area contributed by atoms with E-state index >= 15 is 0 Å². The molecule has 0 unspecified atom stereocenters. The molecule has 0 bridgehead atoms. The van der Waals surface area contributed by atoms with Gasteiger partial charge in [0.05, 0.1) is 81.4 Å². The summed E-state index contributed by atoms with van der Waals surface area (Å²) >= 11 is 0. The number of aliphatic hydroxyl groups excluding tert-OH is 5. The molecule has 4 aliphatic heterocycles. The van der Waals surface area contributed by atoms with Crippen LogP contribution in [0.15, 0.2) is 23.3 Å². The molecule has 0 radical (unpaired) electrons. The molecular weight excluding hydrogens is 897 g/mol. The van der Waals surface area contributed by atoms with Gasteiger partial charge in [0.15, 0.2) is 0 Å². The number of unbranched alkanes of at least 4 members (excludes halogenated alkanes) is 10. The summed E-state index contributed by atoms with van der Waals surface area (Å²) in [7, 11) is 0. The fourth-order valence-electron chi connectivity index (χ4n) is 9.54. The van der Waals surface area contributed by atoms with Crippen LogP contribution < -0.4 is 0 Å². The third kappa shape index (κ3) is 20.9. The molecule has 0 aliphatic carbocycles. The van der Waals surface area contributed by atoms with Gasteiger partial charge in [-0.1, -0.05) is 76.4 Å². The van der Waals surface area contributed by atoms with E-state index in [4.69, 9.17) is 38.3 Å². The van der Waals surface area contributed by atoms with Crippen LogP contribution in [-0.4, -0.2) is 154 Å². The summed E-state index contributed by atoms with van der Waals surface area (Å²) in [4.78, 5) is 47.9. The first kappa shape index (κ1) is 58.6. The van der Waals surface area contributed by atoms with Crippen LogP contribution in [0, 0.1) is 23.7 Å². The highest BCUT2D eigenvalue weighted by Crippen LogP contribution is 2.40. The van der Waals surface area contributed by atoms with Crippen molar-refractivity contribution in [2.24, 2.45) is 23.7 Å². The topological polar surface area (TPSA) is 261 Å². The van der Waals surface area contributed by atoms with Crippen molar-refractivity contribution in [3.63, 3.8) is 0 Å². The molecule has 17 heteroatoms. The molecule has 0 aromatic heterocycles. The minimum atomic E-state index is -1.13. The molecule has 6 N–H and O–H groups in total. The van der Waals surface area contributed by atoms with Gasteiger partial charge < -0.3 is 63.8 Å². The van der Waals surface area contributed by atoms with Crippen molar-refractivity contribution in [1.29, 1.82) is 0 Å². The van der Waals surface area contributed by atoms with Crippen molar-refractivity contribution in [2.45, 2.75) is 230 Å². The molecule has 0 spiro atoms. The Morgan fingerprint density at radius 1 is 0.565 bits per heavy atom. The van der Waals surface area contributed by atoms with Gasteiger partial charge in [0.1, 0.15) is 18.3 Å². The Kier molecular flexibility index (Phi) is 25.6. The average Bonchev–Trinajstić information content (AvgIpc) is 4.23. The summed E-state index contributed by atoms with van der Waals surface area (Å²) < 4.78 is 39.9. The number of esters is 3. The number of aliphatic carboxylic acids is 1. The van der Waals surface area contributed by atoms with Crippen molar-refractivity contribution in [2.75, 3.05) is 26.4 Å². The Morgan fingerprint density at radius 3 is 1.41 bits per heavy atom. The largest absolute Gasteiger partial charge is 0.481 e. The minimum absolute atomic E-state index is 0.00946. The maximum absolute atomic E-state index is 12.6. The number of carboxylic acids is 1. The van der Waals surface area contributed by atoms with Crippen LogP contribution in [0.3, 0.4) is 0 Å². The van der Waals surface area contributed by atoms with E-state index in [0.717, 1.165) is 64.2 Å². The molecule has 4 aliphatic rings. The molecular formula is C52H86O17. The highest BCUT2D eigenvalue weighted by molar-refractivity contribution is 5.83. The van der Waals surface area contributed by atoms with Gasteiger partial charge in [-0.05, 0) is 79.1 Å². The standard InChI is InChI=1S/C52H86O17/c1-31(23-39-49(61)47(59)37(29-65-39)27-41-51(68-41)33(3)35(5)53)25-46(58)64-22-18-14-10-8-12-16-20-44(56)67-36(6)34(4)52-42(69-52)28-38-30-66-40(50(62)48(38)60)24-32(2)26-45(57)63-21-17-13-9-7-11-15-19-43(54)55/h25-26,33-42,47-53,59-62H,7-24,27-30H2,1-6H3,(H,54,55)/b31-25+,32-26+/t33-,34-,35-,36-,37-,38-,39-,40-,41-,42-,47+,48+,49-,50-,51-,52-/m0/s1. The molecule has 4 rings (SSSR count). The number of hydrogen-bond donors (Lipinski definition) is 6. The van der Waals surface area contributed by atoms with Gasteiger partial charge in [-0.25, -0.2) is 9.59 Å².